The summed E-state index contributed by atoms with van der Waals surface area (Å²) in [4.78, 5) is 12.6. The van der Waals surface area contributed by atoms with Crippen LogP contribution in [0, 0.1) is 13.8 Å². The van der Waals surface area contributed by atoms with Crippen LogP contribution < -0.4 is 5.32 Å². The Morgan fingerprint density at radius 3 is 2.60 bits per heavy atom. The van der Waals surface area contributed by atoms with E-state index in [9.17, 15) is 9.90 Å². The molecule has 2 rings (SSSR count). The third-order valence-corrected chi connectivity index (χ3v) is 4.56. The highest BCUT2D eigenvalue weighted by molar-refractivity contribution is 5.94. The number of aromatic nitrogens is 2. The Labute approximate surface area is 150 Å². The number of carbonyl (C=O) groups is 1. The first kappa shape index (κ1) is 19.2. The van der Waals surface area contributed by atoms with E-state index in [0.29, 0.717) is 12.0 Å². The molecule has 5 heteroatoms. The summed E-state index contributed by atoms with van der Waals surface area (Å²) in [6, 6.07) is 7.48. The third kappa shape index (κ3) is 4.92. The van der Waals surface area contributed by atoms with Crippen LogP contribution in [0.25, 0.3) is 0 Å². The van der Waals surface area contributed by atoms with Gasteiger partial charge in [0.2, 0.25) is 0 Å². The molecule has 0 aliphatic carbocycles. The normalized spacial score (nSPS) is 12.9. The molecule has 2 N–H and O–H groups in total. The Kier molecular flexibility index (Phi) is 5.68. The minimum Gasteiger partial charge on any atom is -0.390 e. The number of hydrogen-bond donors (Lipinski definition) is 2. The molecule has 0 saturated carbocycles. The standard InChI is InChI=1S/C20H29N3O2/c1-13(18-14(2)22-23(6)15(18)3)21-19(24)17-9-7-8-16(12-17)10-11-20(4,5)25/h7-9,12-13,25H,10-11H2,1-6H3,(H,21,24)/t13-/m1/s1. The Morgan fingerprint density at radius 1 is 1.36 bits per heavy atom. The summed E-state index contributed by atoms with van der Waals surface area (Å²) in [5.41, 5.74) is 4.04. The second-order valence-electron chi connectivity index (χ2n) is 7.42. The summed E-state index contributed by atoms with van der Waals surface area (Å²) in [7, 11) is 1.91. The van der Waals surface area contributed by atoms with Crippen molar-refractivity contribution in [1.82, 2.24) is 15.1 Å². The van der Waals surface area contributed by atoms with Gasteiger partial charge in [-0.05, 0) is 65.2 Å². The van der Waals surface area contributed by atoms with Crippen LogP contribution in [0.2, 0.25) is 0 Å². The zero-order valence-corrected chi connectivity index (χ0v) is 16.1. The maximum absolute atomic E-state index is 12.6. The first-order valence-electron chi connectivity index (χ1n) is 8.71. The number of carbonyl (C=O) groups excluding carboxylic acids is 1. The van der Waals surface area contributed by atoms with Crippen LogP contribution in [0.4, 0.5) is 0 Å². The molecular formula is C20H29N3O2. The fourth-order valence-corrected chi connectivity index (χ4v) is 3.09. The Morgan fingerprint density at radius 2 is 2.04 bits per heavy atom. The highest BCUT2D eigenvalue weighted by Gasteiger charge is 2.19. The summed E-state index contributed by atoms with van der Waals surface area (Å²) in [5.74, 6) is -0.0970. The smallest absolute Gasteiger partial charge is 0.251 e. The molecule has 0 radical (unpaired) electrons. The van der Waals surface area contributed by atoms with E-state index >= 15 is 0 Å². The van der Waals surface area contributed by atoms with Crippen molar-refractivity contribution >= 4 is 5.91 Å². The second-order valence-corrected chi connectivity index (χ2v) is 7.42. The van der Waals surface area contributed by atoms with Gasteiger partial charge in [-0.25, -0.2) is 0 Å². The maximum atomic E-state index is 12.6. The monoisotopic (exact) mass is 343 g/mol. The number of aliphatic hydroxyl groups is 1. The summed E-state index contributed by atoms with van der Waals surface area (Å²) < 4.78 is 1.84. The van der Waals surface area contributed by atoms with E-state index in [1.54, 1.807) is 13.8 Å². The van der Waals surface area contributed by atoms with Gasteiger partial charge in [-0.1, -0.05) is 12.1 Å². The van der Waals surface area contributed by atoms with Crippen molar-refractivity contribution in [2.24, 2.45) is 7.05 Å². The minimum absolute atomic E-state index is 0.0970. The minimum atomic E-state index is -0.706. The van der Waals surface area contributed by atoms with Crippen LogP contribution in [-0.4, -0.2) is 26.4 Å². The van der Waals surface area contributed by atoms with Gasteiger partial charge in [-0.2, -0.15) is 5.10 Å². The van der Waals surface area contributed by atoms with Gasteiger partial charge < -0.3 is 10.4 Å². The highest BCUT2D eigenvalue weighted by Crippen LogP contribution is 2.21. The summed E-state index contributed by atoms with van der Waals surface area (Å²) in [6.07, 6.45) is 1.39. The molecule has 25 heavy (non-hydrogen) atoms. The highest BCUT2D eigenvalue weighted by atomic mass is 16.3. The van der Waals surface area contributed by atoms with Crippen LogP contribution in [0.3, 0.4) is 0 Å². The molecule has 0 fully saturated rings. The van der Waals surface area contributed by atoms with E-state index < -0.39 is 5.60 Å². The molecule has 5 nitrogen and oxygen atoms in total. The van der Waals surface area contributed by atoms with Crippen molar-refractivity contribution in [1.29, 1.82) is 0 Å². The van der Waals surface area contributed by atoms with Gasteiger partial charge in [0.25, 0.3) is 5.91 Å². The molecule has 0 aliphatic rings. The van der Waals surface area contributed by atoms with Crippen LogP contribution >= 0.6 is 0 Å². The van der Waals surface area contributed by atoms with Crippen molar-refractivity contribution in [2.45, 2.75) is 59.1 Å². The molecule has 0 saturated heterocycles. The van der Waals surface area contributed by atoms with Gasteiger partial charge in [0.15, 0.2) is 0 Å². The number of amides is 1. The van der Waals surface area contributed by atoms with E-state index in [2.05, 4.69) is 10.4 Å². The van der Waals surface area contributed by atoms with Crippen molar-refractivity contribution in [2.75, 3.05) is 0 Å². The molecule has 0 unspecified atom stereocenters. The predicted octanol–water partition coefficient (Wildman–Crippen LogP) is 3.23. The first-order chi connectivity index (χ1) is 11.6. The number of rotatable bonds is 6. The van der Waals surface area contributed by atoms with Gasteiger partial charge in [-0.3, -0.25) is 9.48 Å². The molecule has 2 aromatic rings. The fourth-order valence-electron chi connectivity index (χ4n) is 3.09. The molecular weight excluding hydrogens is 314 g/mol. The average molecular weight is 343 g/mol. The lowest BCUT2D eigenvalue weighted by Crippen LogP contribution is -2.27. The molecule has 0 spiro atoms. The molecule has 1 heterocycles. The van der Waals surface area contributed by atoms with Gasteiger partial charge in [-0.15, -0.1) is 0 Å². The molecule has 1 amide bonds. The second kappa shape index (κ2) is 7.40. The lowest BCUT2D eigenvalue weighted by Gasteiger charge is -2.17. The number of nitrogens with one attached hydrogen (secondary N) is 1. The van der Waals surface area contributed by atoms with Gasteiger partial charge in [0, 0.05) is 23.9 Å². The number of hydrogen-bond acceptors (Lipinski definition) is 3. The summed E-state index contributed by atoms with van der Waals surface area (Å²) in [5, 5.41) is 17.3. The first-order valence-corrected chi connectivity index (χ1v) is 8.71. The largest absolute Gasteiger partial charge is 0.390 e. The lowest BCUT2D eigenvalue weighted by molar-refractivity contribution is 0.0714. The number of nitrogens with zero attached hydrogens (tertiary/aromatic N) is 2. The summed E-state index contributed by atoms with van der Waals surface area (Å²) >= 11 is 0. The lowest BCUT2D eigenvalue weighted by atomic mass is 9.97. The Hall–Kier alpha value is -2.14. The maximum Gasteiger partial charge on any atom is 0.251 e. The van der Waals surface area contributed by atoms with E-state index in [1.165, 1.54) is 0 Å². The quantitative estimate of drug-likeness (QED) is 0.846. The number of aryl methyl sites for hydroxylation is 3. The topological polar surface area (TPSA) is 67.2 Å². The van der Waals surface area contributed by atoms with Crippen molar-refractivity contribution in [3.63, 3.8) is 0 Å². The molecule has 0 bridgehead atoms. The Bertz CT molecular complexity index is 757. The zero-order valence-electron chi connectivity index (χ0n) is 16.1. The Balaban J connectivity index is 2.10. The van der Waals surface area contributed by atoms with E-state index in [-0.39, 0.29) is 11.9 Å². The van der Waals surface area contributed by atoms with Crippen LogP contribution in [0.1, 0.15) is 66.1 Å². The van der Waals surface area contributed by atoms with Crippen LogP contribution in [0.15, 0.2) is 24.3 Å². The molecule has 1 aromatic carbocycles. The van der Waals surface area contributed by atoms with Crippen LogP contribution in [-0.2, 0) is 13.5 Å². The van der Waals surface area contributed by atoms with Crippen molar-refractivity contribution < 1.29 is 9.90 Å². The average Bonchev–Trinajstić information content (AvgIpc) is 2.77. The number of benzene rings is 1. The van der Waals surface area contributed by atoms with Gasteiger partial charge in [0.05, 0.1) is 17.3 Å². The molecule has 0 aliphatic heterocycles. The SMILES string of the molecule is Cc1nn(C)c(C)c1[C@@H](C)NC(=O)c1cccc(CCC(C)(C)O)c1. The van der Waals surface area contributed by atoms with Gasteiger partial charge >= 0.3 is 0 Å². The molecule has 136 valence electrons. The van der Waals surface area contributed by atoms with E-state index in [1.807, 2.05) is 56.8 Å². The van der Waals surface area contributed by atoms with Crippen LogP contribution in [0.5, 0.6) is 0 Å². The van der Waals surface area contributed by atoms with E-state index in [4.69, 9.17) is 0 Å². The summed E-state index contributed by atoms with van der Waals surface area (Å²) in [6.45, 7) is 9.54. The van der Waals surface area contributed by atoms with Gasteiger partial charge in [0.1, 0.15) is 0 Å². The fraction of sp³-hybridized carbons (Fsp3) is 0.500. The predicted molar refractivity (Wildman–Crippen MR) is 99.6 cm³/mol. The van der Waals surface area contributed by atoms with Crippen molar-refractivity contribution in [3.8, 4) is 0 Å². The van der Waals surface area contributed by atoms with E-state index in [0.717, 1.165) is 28.9 Å². The molecule has 1 aromatic heterocycles. The zero-order chi connectivity index (χ0) is 18.8. The van der Waals surface area contributed by atoms with Crippen molar-refractivity contribution in [3.05, 3.63) is 52.3 Å². The molecule has 1 atom stereocenters. The third-order valence-electron chi connectivity index (χ3n) is 4.56.